The molecule has 1 unspecified atom stereocenters. The lowest BCUT2D eigenvalue weighted by atomic mass is 10.2. The molecule has 0 radical (unpaired) electrons. The van der Waals surface area contributed by atoms with E-state index in [1.807, 2.05) is 0 Å². The SMILES string of the molecule is CC(C)NC(=O)C(C)Nc1c(F)c(F)cc(F)c1F. The van der Waals surface area contributed by atoms with Crippen LogP contribution in [-0.2, 0) is 4.79 Å². The Balaban J connectivity index is 2.97. The predicted octanol–water partition coefficient (Wildman–Crippen LogP) is 2.57. The number of anilines is 1. The molecule has 1 rings (SSSR count). The van der Waals surface area contributed by atoms with E-state index in [1.165, 1.54) is 6.92 Å². The predicted molar refractivity (Wildman–Crippen MR) is 62.6 cm³/mol. The fourth-order valence-electron chi connectivity index (χ4n) is 1.39. The van der Waals surface area contributed by atoms with E-state index >= 15 is 0 Å². The van der Waals surface area contributed by atoms with Gasteiger partial charge in [-0.05, 0) is 20.8 Å². The van der Waals surface area contributed by atoms with Gasteiger partial charge in [0, 0.05) is 12.1 Å². The molecule has 0 heterocycles. The molecule has 0 saturated heterocycles. The van der Waals surface area contributed by atoms with Gasteiger partial charge in [0.05, 0.1) is 0 Å². The van der Waals surface area contributed by atoms with Gasteiger partial charge in [-0.15, -0.1) is 0 Å². The fourth-order valence-corrected chi connectivity index (χ4v) is 1.39. The van der Waals surface area contributed by atoms with Crippen molar-refractivity contribution >= 4 is 11.6 Å². The minimum Gasteiger partial charge on any atom is -0.369 e. The molecule has 106 valence electrons. The number of rotatable bonds is 4. The lowest BCUT2D eigenvalue weighted by molar-refractivity contribution is -0.122. The van der Waals surface area contributed by atoms with Crippen LogP contribution < -0.4 is 10.6 Å². The maximum Gasteiger partial charge on any atom is 0.242 e. The molecule has 3 nitrogen and oxygen atoms in total. The second-order valence-electron chi connectivity index (χ2n) is 4.37. The zero-order valence-corrected chi connectivity index (χ0v) is 10.7. The van der Waals surface area contributed by atoms with Gasteiger partial charge in [-0.25, -0.2) is 17.6 Å². The van der Waals surface area contributed by atoms with Crippen LogP contribution in [0.1, 0.15) is 20.8 Å². The van der Waals surface area contributed by atoms with Gasteiger partial charge in [0.15, 0.2) is 23.3 Å². The molecule has 0 spiro atoms. The fraction of sp³-hybridized carbons (Fsp3) is 0.417. The zero-order chi connectivity index (χ0) is 14.7. The normalized spacial score (nSPS) is 12.4. The summed E-state index contributed by atoms with van der Waals surface area (Å²) in [6.45, 7) is 4.72. The highest BCUT2D eigenvalue weighted by Gasteiger charge is 2.22. The average molecular weight is 278 g/mol. The Kier molecular flexibility index (Phi) is 4.74. The quantitative estimate of drug-likeness (QED) is 0.656. The van der Waals surface area contributed by atoms with Gasteiger partial charge in [-0.3, -0.25) is 4.79 Å². The Morgan fingerprint density at radius 1 is 1.05 bits per heavy atom. The second kappa shape index (κ2) is 5.90. The van der Waals surface area contributed by atoms with E-state index < -0.39 is 40.9 Å². The summed E-state index contributed by atoms with van der Waals surface area (Å²) in [5, 5.41) is 4.62. The van der Waals surface area contributed by atoms with Gasteiger partial charge in [-0.1, -0.05) is 0 Å². The Hall–Kier alpha value is -1.79. The Morgan fingerprint density at radius 2 is 1.53 bits per heavy atom. The van der Waals surface area contributed by atoms with Crippen molar-refractivity contribution in [2.45, 2.75) is 32.9 Å². The average Bonchev–Trinajstić information content (AvgIpc) is 2.31. The van der Waals surface area contributed by atoms with Crippen molar-refractivity contribution in [2.24, 2.45) is 0 Å². The molecule has 1 amide bonds. The van der Waals surface area contributed by atoms with Gasteiger partial charge in [0.25, 0.3) is 0 Å². The van der Waals surface area contributed by atoms with E-state index in [9.17, 15) is 22.4 Å². The Morgan fingerprint density at radius 3 is 1.95 bits per heavy atom. The number of hydrogen-bond acceptors (Lipinski definition) is 2. The molecule has 0 aromatic heterocycles. The summed E-state index contributed by atoms with van der Waals surface area (Å²) in [5.74, 6) is -6.74. The van der Waals surface area contributed by atoms with Crippen molar-refractivity contribution in [1.82, 2.24) is 5.32 Å². The highest BCUT2D eigenvalue weighted by atomic mass is 19.2. The molecule has 0 bridgehead atoms. The number of hydrogen-bond donors (Lipinski definition) is 2. The number of amides is 1. The van der Waals surface area contributed by atoms with Gasteiger partial charge in [-0.2, -0.15) is 0 Å². The van der Waals surface area contributed by atoms with Crippen molar-refractivity contribution < 1.29 is 22.4 Å². The Labute approximate surface area is 108 Å². The molecule has 1 atom stereocenters. The summed E-state index contributed by atoms with van der Waals surface area (Å²) in [7, 11) is 0. The second-order valence-corrected chi connectivity index (χ2v) is 4.37. The van der Waals surface area contributed by atoms with Gasteiger partial charge in [0.1, 0.15) is 11.7 Å². The molecule has 0 aliphatic rings. The highest BCUT2D eigenvalue weighted by Crippen LogP contribution is 2.24. The van der Waals surface area contributed by atoms with E-state index in [0.717, 1.165) is 0 Å². The molecular weight excluding hydrogens is 264 g/mol. The lowest BCUT2D eigenvalue weighted by Gasteiger charge is -2.18. The Bertz CT molecular complexity index is 465. The minimum atomic E-state index is -1.57. The topological polar surface area (TPSA) is 41.1 Å². The number of carbonyl (C=O) groups is 1. The van der Waals surface area contributed by atoms with Crippen LogP contribution in [0.2, 0.25) is 0 Å². The molecule has 0 saturated carbocycles. The van der Waals surface area contributed by atoms with Crippen LogP contribution in [0.4, 0.5) is 23.2 Å². The standard InChI is InChI=1S/C12H14F4N2O/c1-5(2)17-12(19)6(3)18-11-9(15)7(13)4-8(14)10(11)16/h4-6,18H,1-3H3,(H,17,19). The molecule has 2 N–H and O–H groups in total. The van der Waals surface area contributed by atoms with E-state index in [2.05, 4.69) is 10.6 Å². The maximum absolute atomic E-state index is 13.4. The van der Waals surface area contributed by atoms with Crippen molar-refractivity contribution in [2.75, 3.05) is 5.32 Å². The van der Waals surface area contributed by atoms with Crippen LogP contribution >= 0.6 is 0 Å². The van der Waals surface area contributed by atoms with Crippen molar-refractivity contribution in [3.8, 4) is 0 Å². The summed E-state index contributed by atoms with van der Waals surface area (Å²) in [6, 6.07) is -1.11. The van der Waals surface area contributed by atoms with Gasteiger partial charge >= 0.3 is 0 Å². The van der Waals surface area contributed by atoms with Crippen molar-refractivity contribution in [3.63, 3.8) is 0 Å². The summed E-state index contributed by atoms with van der Waals surface area (Å²) in [6.07, 6.45) is 0. The number of carbonyl (C=O) groups excluding carboxylic acids is 1. The molecule has 0 fully saturated rings. The number of nitrogens with one attached hydrogen (secondary N) is 2. The first-order chi connectivity index (χ1) is 8.73. The molecular formula is C12H14F4N2O. The lowest BCUT2D eigenvalue weighted by Crippen LogP contribution is -2.41. The van der Waals surface area contributed by atoms with Crippen LogP contribution in [0.5, 0.6) is 0 Å². The van der Waals surface area contributed by atoms with Crippen LogP contribution in [0.3, 0.4) is 0 Å². The first-order valence-corrected chi connectivity index (χ1v) is 5.64. The molecule has 19 heavy (non-hydrogen) atoms. The highest BCUT2D eigenvalue weighted by molar-refractivity contribution is 5.84. The monoisotopic (exact) mass is 278 g/mol. The van der Waals surface area contributed by atoms with Crippen LogP contribution in [0.15, 0.2) is 6.07 Å². The van der Waals surface area contributed by atoms with E-state index in [0.29, 0.717) is 0 Å². The van der Waals surface area contributed by atoms with Gasteiger partial charge < -0.3 is 10.6 Å². The first kappa shape index (κ1) is 15.3. The number of benzene rings is 1. The van der Waals surface area contributed by atoms with E-state index in [-0.39, 0.29) is 12.1 Å². The van der Waals surface area contributed by atoms with Crippen LogP contribution in [-0.4, -0.2) is 18.0 Å². The summed E-state index contributed by atoms with van der Waals surface area (Å²) >= 11 is 0. The molecule has 1 aromatic carbocycles. The molecule has 1 aromatic rings. The molecule has 0 aliphatic heterocycles. The minimum absolute atomic E-state index is 0.106. The van der Waals surface area contributed by atoms with E-state index in [1.54, 1.807) is 13.8 Å². The summed E-state index contributed by atoms with van der Waals surface area (Å²) in [4.78, 5) is 11.5. The van der Waals surface area contributed by atoms with Crippen molar-refractivity contribution in [3.05, 3.63) is 29.3 Å². The largest absolute Gasteiger partial charge is 0.369 e. The summed E-state index contributed by atoms with van der Waals surface area (Å²) < 4.78 is 52.6. The van der Waals surface area contributed by atoms with Crippen LogP contribution in [0, 0.1) is 23.3 Å². The smallest absolute Gasteiger partial charge is 0.242 e. The van der Waals surface area contributed by atoms with Crippen LogP contribution in [0.25, 0.3) is 0 Å². The maximum atomic E-state index is 13.4. The summed E-state index contributed by atoms with van der Waals surface area (Å²) in [5.41, 5.74) is -0.996. The number of halogens is 4. The third-order valence-electron chi connectivity index (χ3n) is 2.30. The first-order valence-electron chi connectivity index (χ1n) is 5.64. The third-order valence-corrected chi connectivity index (χ3v) is 2.30. The van der Waals surface area contributed by atoms with Gasteiger partial charge in [0.2, 0.25) is 5.91 Å². The third kappa shape index (κ3) is 3.59. The molecule has 0 aliphatic carbocycles. The zero-order valence-electron chi connectivity index (χ0n) is 10.7. The molecule has 7 heteroatoms. The van der Waals surface area contributed by atoms with E-state index in [4.69, 9.17) is 0 Å². The van der Waals surface area contributed by atoms with Crippen molar-refractivity contribution in [1.29, 1.82) is 0 Å².